The first-order chi connectivity index (χ1) is 15.6. The van der Waals surface area contributed by atoms with Gasteiger partial charge in [-0.3, -0.25) is 24.6 Å². The summed E-state index contributed by atoms with van der Waals surface area (Å²) in [5, 5.41) is 2.35. The number of rotatable bonds is 4. The molecule has 1 saturated carbocycles. The fourth-order valence-electron chi connectivity index (χ4n) is 5.55. The van der Waals surface area contributed by atoms with Crippen molar-refractivity contribution in [1.82, 2.24) is 15.1 Å². The standard InChI is InChI=1S/C24H31N3O5/c28-22-9-8-20(23(29)25-22)27-15-16-14-17(6-7-18(16)24(27)30)32-21-5-1-4-19(21)26-10-2-12-31-13-3-11-26/h6-7,14,19-21H,1-5,8-13,15H2,(H,25,28,29)/t19-,20?,21+/m1/s1. The van der Waals surface area contributed by atoms with Gasteiger partial charge < -0.3 is 14.4 Å². The highest BCUT2D eigenvalue weighted by Gasteiger charge is 2.39. The second kappa shape index (κ2) is 9.19. The number of ether oxygens (including phenoxy) is 2. The van der Waals surface area contributed by atoms with E-state index in [1.165, 1.54) is 0 Å². The molecule has 3 atom stereocenters. The van der Waals surface area contributed by atoms with Crippen molar-refractivity contribution in [3.05, 3.63) is 29.3 Å². The first-order valence-corrected chi connectivity index (χ1v) is 11.9. The number of carbonyl (C=O) groups is 3. The number of benzene rings is 1. The van der Waals surface area contributed by atoms with E-state index in [-0.39, 0.29) is 30.2 Å². The van der Waals surface area contributed by atoms with Crippen LogP contribution in [0, 0.1) is 0 Å². The summed E-state index contributed by atoms with van der Waals surface area (Å²) < 4.78 is 12.1. The van der Waals surface area contributed by atoms with Gasteiger partial charge in [-0.25, -0.2) is 0 Å². The number of hydrogen-bond acceptors (Lipinski definition) is 6. The molecule has 1 aliphatic carbocycles. The van der Waals surface area contributed by atoms with Crippen molar-refractivity contribution in [3.8, 4) is 5.75 Å². The molecule has 4 aliphatic rings. The Bertz CT molecular complexity index is 896. The summed E-state index contributed by atoms with van der Waals surface area (Å²) in [6.07, 6.45) is 6.25. The molecular weight excluding hydrogens is 410 g/mol. The number of fused-ring (bicyclic) bond motifs is 1. The van der Waals surface area contributed by atoms with Crippen molar-refractivity contribution in [1.29, 1.82) is 0 Å². The molecule has 8 nitrogen and oxygen atoms in total. The third-order valence-electron chi connectivity index (χ3n) is 7.14. The van der Waals surface area contributed by atoms with Gasteiger partial charge in [0.25, 0.3) is 5.91 Å². The number of piperidine rings is 1. The molecule has 0 aromatic heterocycles. The molecule has 0 bridgehead atoms. The van der Waals surface area contributed by atoms with Gasteiger partial charge in [-0.2, -0.15) is 0 Å². The van der Waals surface area contributed by atoms with Crippen LogP contribution in [0.15, 0.2) is 18.2 Å². The first kappa shape index (κ1) is 21.4. The van der Waals surface area contributed by atoms with Crippen LogP contribution in [0.5, 0.6) is 5.75 Å². The van der Waals surface area contributed by atoms with Crippen LogP contribution in [0.4, 0.5) is 0 Å². The molecule has 3 aliphatic heterocycles. The number of nitrogens with one attached hydrogen (secondary N) is 1. The molecule has 5 rings (SSSR count). The van der Waals surface area contributed by atoms with Gasteiger partial charge >= 0.3 is 0 Å². The maximum atomic E-state index is 12.9. The topological polar surface area (TPSA) is 88.2 Å². The van der Waals surface area contributed by atoms with E-state index in [0.717, 1.165) is 69.7 Å². The number of carbonyl (C=O) groups excluding carboxylic acids is 3. The summed E-state index contributed by atoms with van der Waals surface area (Å²) >= 11 is 0. The molecule has 1 aromatic rings. The molecule has 0 radical (unpaired) electrons. The number of amides is 3. The maximum absolute atomic E-state index is 12.9. The third kappa shape index (κ3) is 4.26. The van der Waals surface area contributed by atoms with E-state index in [2.05, 4.69) is 10.2 Å². The van der Waals surface area contributed by atoms with Gasteiger partial charge in [0.05, 0.1) is 0 Å². The lowest BCUT2D eigenvalue weighted by atomic mass is 10.0. The molecule has 172 valence electrons. The van der Waals surface area contributed by atoms with E-state index in [4.69, 9.17) is 9.47 Å². The molecule has 1 N–H and O–H groups in total. The van der Waals surface area contributed by atoms with Crippen LogP contribution in [0.1, 0.15) is 60.9 Å². The highest BCUT2D eigenvalue weighted by Crippen LogP contribution is 2.33. The summed E-state index contributed by atoms with van der Waals surface area (Å²) in [6, 6.07) is 5.48. The molecule has 1 aromatic carbocycles. The Morgan fingerprint density at radius 3 is 2.59 bits per heavy atom. The SMILES string of the molecule is O=C1CCC(N2Cc3cc(O[C@H]4CCC[C@H]4N4CCCOCCC4)ccc3C2=O)C(=O)N1. The Balaban J connectivity index is 1.27. The molecule has 32 heavy (non-hydrogen) atoms. The number of hydrogen-bond donors (Lipinski definition) is 1. The lowest BCUT2D eigenvalue weighted by Crippen LogP contribution is -2.52. The van der Waals surface area contributed by atoms with Crippen LogP contribution in [0.2, 0.25) is 0 Å². The zero-order valence-electron chi connectivity index (χ0n) is 18.4. The molecule has 2 saturated heterocycles. The van der Waals surface area contributed by atoms with Gasteiger partial charge in [0.1, 0.15) is 17.9 Å². The highest BCUT2D eigenvalue weighted by atomic mass is 16.5. The lowest BCUT2D eigenvalue weighted by Gasteiger charge is -2.34. The Labute approximate surface area is 188 Å². The predicted molar refractivity (Wildman–Crippen MR) is 116 cm³/mol. The van der Waals surface area contributed by atoms with Crippen molar-refractivity contribution in [2.24, 2.45) is 0 Å². The molecular formula is C24H31N3O5. The summed E-state index contributed by atoms with van der Waals surface area (Å²) in [5.74, 6) is -0.0207. The van der Waals surface area contributed by atoms with Crippen molar-refractivity contribution in [3.63, 3.8) is 0 Å². The average molecular weight is 442 g/mol. The monoisotopic (exact) mass is 441 g/mol. The molecule has 3 amide bonds. The van der Waals surface area contributed by atoms with Gasteiger partial charge in [0.15, 0.2) is 0 Å². The minimum atomic E-state index is -0.590. The van der Waals surface area contributed by atoms with Gasteiger partial charge in [-0.15, -0.1) is 0 Å². The average Bonchev–Trinajstić information content (AvgIpc) is 3.32. The summed E-state index contributed by atoms with van der Waals surface area (Å²) in [4.78, 5) is 40.8. The Hall–Kier alpha value is -2.45. The minimum absolute atomic E-state index is 0.150. The lowest BCUT2D eigenvalue weighted by molar-refractivity contribution is -0.136. The zero-order chi connectivity index (χ0) is 22.1. The van der Waals surface area contributed by atoms with E-state index in [9.17, 15) is 14.4 Å². The fourth-order valence-corrected chi connectivity index (χ4v) is 5.55. The maximum Gasteiger partial charge on any atom is 0.255 e. The Morgan fingerprint density at radius 2 is 1.81 bits per heavy atom. The smallest absolute Gasteiger partial charge is 0.255 e. The van der Waals surface area contributed by atoms with E-state index in [1.807, 2.05) is 18.2 Å². The Morgan fingerprint density at radius 1 is 1.00 bits per heavy atom. The molecule has 0 spiro atoms. The van der Waals surface area contributed by atoms with Crippen molar-refractivity contribution >= 4 is 17.7 Å². The van der Waals surface area contributed by atoms with Crippen LogP contribution in [-0.2, 0) is 20.9 Å². The summed E-state index contributed by atoms with van der Waals surface area (Å²) in [7, 11) is 0. The van der Waals surface area contributed by atoms with Gasteiger partial charge in [-0.05, 0) is 62.3 Å². The van der Waals surface area contributed by atoms with Crippen LogP contribution in [-0.4, -0.2) is 72.0 Å². The van der Waals surface area contributed by atoms with E-state index in [0.29, 0.717) is 24.6 Å². The zero-order valence-corrected chi connectivity index (χ0v) is 18.4. The second-order valence-corrected chi connectivity index (χ2v) is 9.23. The van der Waals surface area contributed by atoms with Crippen LogP contribution in [0.25, 0.3) is 0 Å². The second-order valence-electron chi connectivity index (χ2n) is 9.23. The van der Waals surface area contributed by atoms with Crippen molar-refractivity contribution in [2.75, 3.05) is 26.3 Å². The molecule has 1 unspecified atom stereocenters. The number of nitrogens with zero attached hydrogens (tertiary/aromatic N) is 2. The van der Waals surface area contributed by atoms with Crippen molar-refractivity contribution < 1.29 is 23.9 Å². The highest BCUT2D eigenvalue weighted by molar-refractivity contribution is 6.05. The largest absolute Gasteiger partial charge is 0.489 e. The van der Waals surface area contributed by atoms with Crippen LogP contribution >= 0.6 is 0 Å². The number of imide groups is 1. The fraction of sp³-hybridized carbons (Fsp3) is 0.625. The predicted octanol–water partition coefficient (Wildman–Crippen LogP) is 1.86. The molecule has 3 fully saturated rings. The van der Waals surface area contributed by atoms with Gasteiger partial charge in [-0.1, -0.05) is 0 Å². The van der Waals surface area contributed by atoms with Gasteiger partial charge in [0, 0.05) is 50.9 Å². The molecule has 3 heterocycles. The normalized spacial score (nSPS) is 29.4. The third-order valence-corrected chi connectivity index (χ3v) is 7.14. The summed E-state index contributed by atoms with van der Waals surface area (Å²) in [6.45, 7) is 4.13. The summed E-state index contributed by atoms with van der Waals surface area (Å²) in [5.41, 5.74) is 1.50. The van der Waals surface area contributed by atoms with E-state index >= 15 is 0 Å². The van der Waals surface area contributed by atoms with Gasteiger partial charge in [0.2, 0.25) is 11.8 Å². The van der Waals surface area contributed by atoms with Crippen LogP contribution in [0.3, 0.4) is 0 Å². The minimum Gasteiger partial charge on any atom is -0.489 e. The van der Waals surface area contributed by atoms with E-state index in [1.54, 1.807) is 4.90 Å². The van der Waals surface area contributed by atoms with E-state index < -0.39 is 6.04 Å². The Kier molecular flexibility index (Phi) is 6.15. The quantitative estimate of drug-likeness (QED) is 0.718. The first-order valence-electron chi connectivity index (χ1n) is 11.9. The van der Waals surface area contributed by atoms with Crippen LogP contribution < -0.4 is 10.1 Å². The molecule has 8 heteroatoms. The van der Waals surface area contributed by atoms with Crippen molar-refractivity contribution in [2.45, 2.75) is 69.7 Å².